The summed E-state index contributed by atoms with van der Waals surface area (Å²) in [5.74, 6) is -0.814. The molecule has 2 amide bonds. The van der Waals surface area contributed by atoms with E-state index < -0.39 is 5.60 Å². The topological polar surface area (TPSA) is 87.7 Å². The molecule has 0 aromatic rings. The molecular formula is C18H31N3O4. The third-order valence-corrected chi connectivity index (χ3v) is 2.98. The lowest BCUT2D eigenvalue weighted by Gasteiger charge is -2.25. The number of esters is 1. The van der Waals surface area contributed by atoms with Gasteiger partial charge in [-0.15, -0.1) is 0 Å². The van der Waals surface area contributed by atoms with Crippen LogP contribution in [0.4, 0.5) is 0 Å². The van der Waals surface area contributed by atoms with Gasteiger partial charge < -0.3 is 15.4 Å². The van der Waals surface area contributed by atoms with Crippen molar-refractivity contribution in [3.63, 3.8) is 0 Å². The minimum absolute atomic E-state index is 0.0726. The number of nitrogens with one attached hydrogen (secondary N) is 2. The van der Waals surface area contributed by atoms with Gasteiger partial charge >= 0.3 is 5.97 Å². The highest BCUT2D eigenvalue weighted by atomic mass is 16.6. The van der Waals surface area contributed by atoms with Gasteiger partial charge in [-0.05, 0) is 34.6 Å². The Hall–Kier alpha value is -2.15. The summed E-state index contributed by atoms with van der Waals surface area (Å²) in [5.41, 5.74) is 0.283. The van der Waals surface area contributed by atoms with Crippen molar-refractivity contribution in [3.05, 3.63) is 24.3 Å². The number of amides is 2. The van der Waals surface area contributed by atoms with Crippen LogP contribution in [0.5, 0.6) is 0 Å². The molecule has 0 spiro atoms. The fraction of sp³-hybridized carbons (Fsp3) is 0.611. The third-order valence-electron chi connectivity index (χ3n) is 2.98. The molecule has 25 heavy (non-hydrogen) atoms. The monoisotopic (exact) mass is 353 g/mol. The highest BCUT2D eigenvalue weighted by Gasteiger charge is 2.19. The van der Waals surface area contributed by atoms with Gasteiger partial charge in [0, 0.05) is 37.3 Å². The van der Waals surface area contributed by atoms with Crippen molar-refractivity contribution in [1.29, 1.82) is 0 Å². The minimum atomic E-state index is -0.564. The van der Waals surface area contributed by atoms with Crippen LogP contribution in [-0.2, 0) is 19.1 Å². The molecule has 0 aliphatic rings. The fourth-order valence-electron chi connectivity index (χ4n) is 1.78. The molecule has 7 heteroatoms. The molecule has 0 rings (SSSR count). The zero-order chi connectivity index (χ0) is 19.6. The van der Waals surface area contributed by atoms with Crippen LogP contribution in [0, 0.1) is 0 Å². The van der Waals surface area contributed by atoms with E-state index >= 15 is 0 Å². The lowest BCUT2D eigenvalue weighted by atomic mass is 10.2. The van der Waals surface area contributed by atoms with Crippen molar-refractivity contribution < 1.29 is 19.1 Å². The van der Waals surface area contributed by atoms with Crippen LogP contribution in [0.3, 0.4) is 0 Å². The zero-order valence-corrected chi connectivity index (χ0v) is 16.0. The maximum absolute atomic E-state index is 12.0. The number of nitrogens with zero attached hydrogens (tertiary/aromatic N) is 1. The van der Waals surface area contributed by atoms with E-state index in [0.29, 0.717) is 37.3 Å². The van der Waals surface area contributed by atoms with E-state index in [-0.39, 0.29) is 24.3 Å². The van der Waals surface area contributed by atoms with E-state index in [4.69, 9.17) is 4.74 Å². The van der Waals surface area contributed by atoms with Gasteiger partial charge in [-0.2, -0.15) is 0 Å². The Morgan fingerprint density at radius 1 is 0.920 bits per heavy atom. The van der Waals surface area contributed by atoms with Crippen LogP contribution < -0.4 is 10.6 Å². The Morgan fingerprint density at radius 2 is 1.32 bits per heavy atom. The Bertz CT molecular complexity index is 489. The first-order valence-corrected chi connectivity index (χ1v) is 8.24. The highest BCUT2D eigenvalue weighted by molar-refractivity contribution is 5.92. The number of rotatable bonds is 10. The van der Waals surface area contributed by atoms with E-state index in [1.54, 1.807) is 34.6 Å². The van der Waals surface area contributed by atoms with E-state index in [1.165, 1.54) is 0 Å². The summed E-state index contributed by atoms with van der Waals surface area (Å²) in [6.45, 7) is 17.5. The lowest BCUT2D eigenvalue weighted by Crippen LogP contribution is -2.43. The molecule has 0 aromatic carbocycles. The maximum Gasteiger partial charge on any atom is 0.320 e. The molecule has 0 heterocycles. The molecule has 7 nitrogen and oxygen atoms in total. The molecule has 0 fully saturated rings. The molecule has 0 saturated carbocycles. The Labute approximate surface area is 150 Å². The SMILES string of the molecule is C=C(C)C(=O)NCCN(CCNC(=O)C(=C)C)CC(=O)OC(C)(C)C. The average Bonchev–Trinajstić information content (AvgIpc) is 2.44. The van der Waals surface area contributed by atoms with Gasteiger partial charge in [0.15, 0.2) is 0 Å². The van der Waals surface area contributed by atoms with E-state index in [2.05, 4.69) is 23.8 Å². The van der Waals surface area contributed by atoms with Crippen molar-refractivity contribution in [2.45, 2.75) is 40.2 Å². The number of hydrogen-bond donors (Lipinski definition) is 2. The maximum atomic E-state index is 12.0. The smallest absolute Gasteiger partial charge is 0.320 e. The van der Waals surface area contributed by atoms with Crippen LogP contribution in [-0.4, -0.2) is 61.0 Å². The van der Waals surface area contributed by atoms with Crippen molar-refractivity contribution in [2.75, 3.05) is 32.7 Å². The van der Waals surface area contributed by atoms with Crippen molar-refractivity contribution in [2.24, 2.45) is 0 Å². The second-order valence-electron chi connectivity index (χ2n) is 6.94. The Kier molecular flexibility index (Phi) is 9.74. The van der Waals surface area contributed by atoms with Crippen LogP contribution in [0.25, 0.3) is 0 Å². The van der Waals surface area contributed by atoms with E-state index in [9.17, 15) is 14.4 Å². The first-order valence-electron chi connectivity index (χ1n) is 8.24. The van der Waals surface area contributed by atoms with Crippen molar-refractivity contribution >= 4 is 17.8 Å². The summed E-state index contributed by atoms with van der Waals surface area (Å²) in [6, 6.07) is 0. The molecule has 0 unspecified atom stereocenters. The van der Waals surface area contributed by atoms with Gasteiger partial charge in [-0.1, -0.05) is 13.2 Å². The second-order valence-corrected chi connectivity index (χ2v) is 6.94. The van der Waals surface area contributed by atoms with Crippen LogP contribution in [0.15, 0.2) is 24.3 Å². The fourth-order valence-corrected chi connectivity index (χ4v) is 1.78. The zero-order valence-electron chi connectivity index (χ0n) is 16.0. The molecular weight excluding hydrogens is 322 g/mol. The van der Waals surface area contributed by atoms with Gasteiger partial charge in [-0.25, -0.2) is 0 Å². The molecule has 0 radical (unpaired) electrons. The van der Waals surface area contributed by atoms with Gasteiger partial charge in [0.05, 0.1) is 6.54 Å². The molecule has 0 aliphatic heterocycles. The lowest BCUT2D eigenvalue weighted by molar-refractivity contribution is -0.156. The average molecular weight is 353 g/mol. The van der Waals surface area contributed by atoms with Gasteiger partial charge in [-0.3, -0.25) is 19.3 Å². The third kappa shape index (κ3) is 11.9. The molecule has 142 valence electrons. The number of carbonyl (C=O) groups excluding carboxylic acids is 3. The molecule has 0 saturated heterocycles. The van der Waals surface area contributed by atoms with Crippen molar-refractivity contribution in [3.8, 4) is 0 Å². The largest absolute Gasteiger partial charge is 0.459 e. The number of hydrogen-bond acceptors (Lipinski definition) is 5. The summed E-state index contributed by atoms with van der Waals surface area (Å²) in [6.07, 6.45) is 0. The Morgan fingerprint density at radius 3 is 1.64 bits per heavy atom. The normalized spacial score (nSPS) is 11.0. The minimum Gasteiger partial charge on any atom is -0.459 e. The van der Waals surface area contributed by atoms with Gasteiger partial charge in [0.25, 0.3) is 0 Å². The first kappa shape index (κ1) is 22.9. The van der Waals surface area contributed by atoms with Crippen LogP contribution in [0.1, 0.15) is 34.6 Å². The number of carbonyl (C=O) groups is 3. The summed E-state index contributed by atoms with van der Waals surface area (Å²) >= 11 is 0. The van der Waals surface area contributed by atoms with Crippen LogP contribution >= 0.6 is 0 Å². The molecule has 0 aromatic heterocycles. The molecule has 0 bridgehead atoms. The molecule has 2 N–H and O–H groups in total. The Balaban J connectivity index is 4.56. The molecule has 0 aliphatic carbocycles. The van der Waals surface area contributed by atoms with Crippen molar-refractivity contribution in [1.82, 2.24) is 15.5 Å². The predicted molar refractivity (Wildman–Crippen MR) is 97.9 cm³/mol. The standard InChI is InChI=1S/C18H31N3O4/c1-13(2)16(23)19-8-10-21(11-9-20-17(24)14(3)4)12-15(22)25-18(5,6)7/h1,3,8-12H2,2,4-7H3,(H,19,23)(H,20,24). The summed E-state index contributed by atoms with van der Waals surface area (Å²) < 4.78 is 5.32. The molecule has 0 atom stereocenters. The van der Waals surface area contributed by atoms with Crippen LogP contribution in [0.2, 0.25) is 0 Å². The summed E-state index contributed by atoms with van der Waals surface area (Å²) in [7, 11) is 0. The quantitative estimate of drug-likeness (QED) is 0.452. The van der Waals surface area contributed by atoms with E-state index in [0.717, 1.165) is 0 Å². The number of ether oxygens (including phenoxy) is 1. The first-order chi connectivity index (χ1) is 11.4. The summed E-state index contributed by atoms with van der Waals surface area (Å²) in [5, 5.41) is 5.44. The predicted octanol–water partition coefficient (Wildman–Crippen LogP) is 1.01. The summed E-state index contributed by atoms with van der Waals surface area (Å²) in [4.78, 5) is 36.9. The second kappa shape index (κ2) is 10.7. The van der Waals surface area contributed by atoms with Gasteiger partial charge in [0.1, 0.15) is 5.60 Å². The van der Waals surface area contributed by atoms with E-state index in [1.807, 2.05) is 4.90 Å². The van der Waals surface area contributed by atoms with Gasteiger partial charge in [0.2, 0.25) is 11.8 Å². The highest BCUT2D eigenvalue weighted by Crippen LogP contribution is 2.07.